The molecule has 0 bridgehead atoms. The number of hydrogen-bond acceptors (Lipinski definition) is 5. The number of rotatable bonds is 7. The third-order valence-electron chi connectivity index (χ3n) is 4.74. The Labute approximate surface area is 149 Å². The molecule has 1 aliphatic heterocycles. The molecular formula is C19H27N3OS. The minimum atomic E-state index is 0.758. The van der Waals surface area contributed by atoms with Crippen molar-refractivity contribution >= 4 is 11.3 Å². The zero-order valence-corrected chi connectivity index (χ0v) is 15.7. The van der Waals surface area contributed by atoms with Crippen molar-refractivity contribution in [1.82, 2.24) is 14.8 Å². The Morgan fingerprint density at radius 3 is 3.04 bits per heavy atom. The summed E-state index contributed by atoms with van der Waals surface area (Å²) in [5, 5.41) is 0. The maximum Gasteiger partial charge on any atom is 0.119 e. The molecule has 1 fully saturated rings. The molecule has 0 aliphatic carbocycles. The second kappa shape index (κ2) is 8.10. The minimum Gasteiger partial charge on any atom is -0.497 e. The van der Waals surface area contributed by atoms with Crippen molar-refractivity contribution in [2.24, 2.45) is 5.92 Å². The third-order valence-corrected chi connectivity index (χ3v) is 5.66. The van der Waals surface area contributed by atoms with Crippen LogP contribution in [0.4, 0.5) is 0 Å². The van der Waals surface area contributed by atoms with Gasteiger partial charge in [-0.2, -0.15) is 0 Å². The second-order valence-corrected chi connectivity index (χ2v) is 7.74. The van der Waals surface area contributed by atoms with Gasteiger partial charge >= 0.3 is 0 Å². The lowest BCUT2D eigenvalue weighted by Gasteiger charge is -2.21. The summed E-state index contributed by atoms with van der Waals surface area (Å²) in [6.07, 6.45) is 1.29. The Kier molecular flexibility index (Phi) is 5.87. The van der Waals surface area contributed by atoms with Crippen LogP contribution in [0.5, 0.6) is 5.75 Å². The number of benzene rings is 1. The van der Waals surface area contributed by atoms with Crippen LogP contribution in [0.2, 0.25) is 0 Å². The van der Waals surface area contributed by atoms with Crippen LogP contribution in [0.1, 0.15) is 22.6 Å². The summed E-state index contributed by atoms with van der Waals surface area (Å²) in [6.45, 7) is 7.67. The highest BCUT2D eigenvalue weighted by Crippen LogP contribution is 2.22. The Balaban J connectivity index is 1.47. The van der Waals surface area contributed by atoms with Crippen molar-refractivity contribution in [1.29, 1.82) is 0 Å². The maximum absolute atomic E-state index is 5.32. The normalized spacial score (nSPS) is 18.4. The van der Waals surface area contributed by atoms with Crippen LogP contribution in [0, 0.1) is 12.8 Å². The van der Waals surface area contributed by atoms with Gasteiger partial charge in [0.15, 0.2) is 0 Å². The second-order valence-electron chi connectivity index (χ2n) is 6.80. The number of aromatic nitrogens is 1. The predicted molar refractivity (Wildman–Crippen MR) is 99.6 cm³/mol. The van der Waals surface area contributed by atoms with Crippen LogP contribution in [0.25, 0.3) is 0 Å². The van der Waals surface area contributed by atoms with Gasteiger partial charge in [0.05, 0.1) is 18.3 Å². The quantitative estimate of drug-likeness (QED) is 0.769. The molecule has 2 heterocycles. The first-order chi connectivity index (χ1) is 11.6. The molecule has 24 heavy (non-hydrogen) atoms. The molecule has 1 saturated heterocycles. The molecule has 0 radical (unpaired) electrons. The lowest BCUT2D eigenvalue weighted by molar-refractivity contribution is 0.255. The van der Waals surface area contributed by atoms with E-state index in [0.29, 0.717) is 0 Å². The molecule has 2 aromatic rings. The molecule has 130 valence electrons. The van der Waals surface area contributed by atoms with Crippen LogP contribution >= 0.6 is 11.3 Å². The van der Waals surface area contributed by atoms with E-state index in [0.717, 1.165) is 31.3 Å². The third kappa shape index (κ3) is 4.56. The first-order valence-corrected chi connectivity index (χ1v) is 9.45. The topological polar surface area (TPSA) is 28.6 Å². The van der Waals surface area contributed by atoms with Crippen molar-refractivity contribution in [3.63, 3.8) is 0 Å². The molecule has 4 nitrogen and oxygen atoms in total. The number of nitrogens with zero attached hydrogens (tertiary/aromatic N) is 3. The lowest BCUT2D eigenvalue weighted by Crippen LogP contribution is -2.28. The monoisotopic (exact) mass is 345 g/mol. The van der Waals surface area contributed by atoms with Gasteiger partial charge in [-0.1, -0.05) is 12.1 Å². The van der Waals surface area contributed by atoms with Gasteiger partial charge in [-0.3, -0.25) is 4.90 Å². The number of thiazole rings is 1. The summed E-state index contributed by atoms with van der Waals surface area (Å²) in [5.41, 5.74) is 4.46. The van der Waals surface area contributed by atoms with Gasteiger partial charge in [-0.15, -0.1) is 11.3 Å². The van der Waals surface area contributed by atoms with E-state index >= 15 is 0 Å². The van der Waals surface area contributed by atoms with Gasteiger partial charge in [-0.05, 0) is 50.6 Å². The van der Waals surface area contributed by atoms with Crippen LogP contribution in [-0.2, 0) is 13.1 Å². The lowest BCUT2D eigenvalue weighted by atomic mass is 10.1. The number of likely N-dealkylation sites (tertiary alicyclic amines) is 1. The van der Waals surface area contributed by atoms with Gasteiger partial charge in [0.1, 0.15) is 5.75 Å². The number of aryl methyl sites for hydroxylation is 1. The van der Waals surface area contributed by atoms with E-state index in [9.17, 15) is 0 Å². The van der Waals surface area contributed by atoms with E-state index in [2.05, 4.69) is 47.0 Å². The maximum atomic E-state index is 5.32. The highest BCUT2D eigenvalue weighted by molar-refractivity contribution is 7.09. The summed E-state index contributed by atoms with van der Waals surface area (Å²) in [7, 11) is 3.95. The molecular weight excluding hydrogens is 318 g/mol. The van der Waals surface area contributed by atoms with Crippen molar-refractivity contribution in [3.05, 3.63) is 45.9 Å². The van der Waals surface area contributed by atoms with E-state index in [4.69, 9.17) is 4.74 Å². The van der Waals surface area contributed by atoms with Crippen LogP contribution < -0.4 is 4.74 Å². The molecule has 0 spiro atoms. The molecule has 0 saturated carbocycles. The van der Waals surface area contributed by atoms with Crippen molar-refractivity contribution < 1.29 is 4.74 Å². The molecule has 0 N–H and O–H groups in total. The largest absolute Gasteiger partial charge is 0.497 e. The first kappa shape index (κ1) is 17.4. The zero-order chi connectivity index (χ0) is 16.9. The number of methoxy groups -OCH3 is 1. The molecule has 1 atom stereocenters. The smallest absolute Gasteiger partial charge is 0.119 e. The van der Waals surface area contributed by atoms with Crippen LogP contribution in [-0.4, -0.2) is 48.6 Å². The predicted octanol–water partition coefficient (Wildman–Crippen LogP) is 3.41. The fourth-order valence-electron chi connectivity index (χ4n) is 3.46. The van der Waals surface area contributed by atoms with Gasteiger partial charge in [-0.25, -0.2) is 4.98 Å². The van der Waals surface area contributed by atoms with Gasteiger partial charge in [0.25, 0.3) is 0 Å². The summed E-state index contributed by atoms with van der Waals surface area (Å²) in [4.78, 5) is 10.7. The summed E-state index contributed by atoms with van der Waals surface area (Å²) < 4.78 is 5.32. The molecule has 1 unspecified atom stereocenters. The summed E-state index contributed by atoms with van der Waals surface area (Å²) >= 11 is 1.77. The number of ether oxygens (including phenoxy) is 1. The zero-order valence-electron chi connectivity index (χ0n) is 14.9. The van der Waals surface area contributed by atoms with E-state index < -0.39 is 0 Å². The molecule has 0 amide bonds. The van der Waals surface area contributed by atoms with E-state index in [-0.39, 0.29) is 0 Å². The van der Waals surface area contributed by atoms with Crippen LogP contribution in [0.3, 0.4) is 0 Å². The summed E-state index contributed by atoms with van der Waals surface area (Å²) in [5.74, 6) is 1.71. The Morgan fingerprint density at radius 2 is 2.29 bits per heavy atom. The average Bonchev–Trinajstić information content (AvgIpc) is 3.17. The standard InChI is InChI=1S/C19H27N3OS/c1-15-19(24-14-20-15)13-21(2)10-17-7-8-22(12-17)11-16-5-4-6-18(9-16)23-3/h4-6,9,14,17H,7-8,10-13H2,1-3H3. The Morgan fingerprint density at radius 1 is 1.42 bits per heavy atom. The highest BCUT2D eigenvalue weighted by atomic mass is 32.1. The van der Waals surface area contributed by atoms with Gasteiger partial charge in [0, 0.05) is 31.1 Å². The van der Waals surface area contributed by atoms with Gasteiger partial charge < -0.3 is 9.64 Å². The molecule has 1 aliphatic rings. The molecule has 1 aromatic carbocycles. The molecule has 1 aromatic heterocycles. The van der Waals surface area contributed by atoms with Crippen molar-refractivity contribution in [2.45, 2.75) is 26.4 Å². The SMILES string of the molecule is COc1cccc(CN2CCC(CN(C)Cc3scnc3C)C2)c1. The average molecular weight is 346 g/mol. The van der Waals surface area contributed by atoms with E-state index in [1.165, 1.54) is 35.6 Å². The Hall–Kier alpha value is -1.43. The highest BCUT2D eigenvalue weighted by Gasteiger charge is 2.23. The minimum absolute atomic E-state index is 0.758. The molecule has 5 heteroatoms. The summed E-state index contributed by atoms with van der Waals surface area (Å²) in [6, 6.07) is 8.42. The van der Waals surface area contributed by atoms with Crippen molar-refractivity contribution in [2.75, 3.05) is 33.8 Å². The van der Waals surface area contributed by atoms with Crippen LogP contribution in [0.15, 0.2) is 29.8 Å². The van der Waals surface area contributed by atoms with E-state index in [1.54, 1.807) is 18.4 Å². The van der Waals surface area contributed by atoms with E-state index in [1.807, 2.05) is 11.6 Å². The van der Waals surface area contributed by atoms with Crippen molar-refractivity contribution in [3.8, 4) is 5.75 Å². The first-order valence-electron chi connectivity index (χ1n) is 8.57. The van der Waals surface area contributed by atoms with Gasteiger partial charge in [0.2, 0.25) is 0 Å². The fraction of sp³-hybridized carbons (Fsp3) is 0.526. The fourth-order valence-corrected chi connectivity index (χ4v) is 4.32. The molecule has 3 rings (SSSR count). The number of hydrogen-bond donors (Lipinski definition) is 0. The Bertz CT molecular complexity index is 658.